The standard InChI is InChI=1S/C27H21NO5/c1-16-14-21(17-10-6-4-7-11-17)28-24-19(16)15-20(26(30)32-2)22(27(31)33-3)23(24)25(29)18-12-8-5-9-13-18/h4-15H,1-3H3. The molecule has 0 radical (unpaired) electrons. The summed E-state index contributed by atoms with van der Waals surface area (Å²) in [6, 6.07) is 21.5. The third-order valence-corrected chi connectivity index (χ3v) is 5.44. The van der Waals surface area contributed by atoms with Crippen molar-refractivity contribution >= 4 is 28.6 Å². The third kappa shape index (κ3) is 3.99. The van der Waals surface area contributed by atoms with Gasteiger partial charge < -0.3 is 9.47 Å². The Labute approximate surface area is 190 Å². The summed E-state index contributed by atoms with van der Waals surface area (Å²) in [5.41, 5.74) is 2.76. The van der Waals surface area contributed by atoms with E-state index in [1.54, 1.807) is 30.3 Å². The van der Waals surface area contributed by atoms with Gasteiger partial charge in [0.25, 0.3) is 0 Å². The molecule has 1 aromatic heterocycles. The Hall–Kier alpha value is -4.32. The van der Waals surface area contributed by atoms with Crippen LogP contribution in [0.5, 0.6) is 0 Å². The Kier molecular flexibility index (Phi) is 6.00. The highest BCUT2D eigenvalue weighted by atomic mass is 16.5. The number of benzene rings is 3. The molecule has 0 spiro atoms. The van der Waals surface area contributed by atoms with Crippen molar-refractivity contribution in [3.63, 3.8) is 0 Å². The van der Waals surface area contributed by atoms with Crippen LogP contribution in [0.3, 0.4) is 0 Å². The fourth-order valence-corrected chi connectivity index (χ4v) is 3.82. The quantitative estimate of drug-likeness (QED) is 0.321. The van der Waals surface area contributed by atoms with Crippen LogP contribution in [0.2, 0.25) is 0 Å². The van der Waals surface area contributed by atoms with Gasteiger partial charge in [-0.2, -0.15) is 0 Å². The molecule has 0 aliphatic carbocycles. The first kappa shape index (κ1) is 21.9. The van der Waals surface area contributed by atoms with E-state index in [0.29, 0.717) is 22.2 Å². The monoisotopic (exact) mass is 439 g/mol. The van der Waals surface area contributed by atoms with Crippen molar-refractivity contribution in [2.45, 2.75) is 6.92 Å². The predicted molar refractivity (Wildman–Crippen MR) is 124 cm³/mol. The molecule has 0 saturated carbocycles. The molecule has 33 heavy (non-hydrogen) atoms. The van der Waals surface area contributed by atoms with Gasteiger partial charge >= 0.3 is 11.9 Å². The molecule has 0 amide bonds. The minimum Gasteiger partial charge on any atom is -0.465 e. The van der Waals surface area contributed by atoms with Crippen LogP contribution in [0.4, 0.5) is 0 Å². The summed E-state index contributed by atoms with van der Waals surface area (Å²) in [6.45, 7) is 1.87. The Bertz CT molecular complexity index is 1380. The number of carbonyl (C=O) groups excluding carboxylic acids is 3. The summed E-state index contributed by atoms with van der Waals surface area (Å²) in [6.07, 6.45) is 0. The molecular weight excluding hydrogens is 418 g/mol. The molecule has 4 aromatic rings. The minimum atomic E-state index is -0.818. The first-order valence-corrected chi connectivity index (χ1v) is 10.3. The SMILES string of the molecule is COC(=O)c1cc2c(C)cc(-c3ccccc3)nc2c(C(=O)c2ccccc2)c1C(=O)OC. The number of esters is 2. The van der Waals surface area contributed by atoms with Crippen LogP contribution in [0, 0.1) is 6.92 Å². The van der Waals surface area contributed by atoms with Crippen molar-refractivity contribution in [1.29, 1.82) is 0 Å². The molecule has 0 N–H and O–H groups in total. The van der Waals surface area contributed by atoms with E-state index in [-0.39, 0.29) is 16.7 Å². The third-order valence-electron chi connectivity index (χ3n) is 5.44. The number of nitrogens with zero attached hydrogens (tertiary/aromatic N) is 1. The van der Waals surface area contributed by atoms with Gasteiger partial charge in [-0.3, -0.25) is 4.79 Å². The van der Waals surface area contributed by atoms with Gasteiger partial charge in [-0.25, -0.2) is 14.6 Å². The molecule has 0 fully saturated rings. The van der Waals surface area contributed by atoms with Gasteiger partial charge in [0.05, 0.1) is 42.1 Å². The Balaban J connectivity index is 2.16. The molecule has 0 aliphatic rings. The van der Waals surface area contributed by atoms with Crippen LogP contribution in [0.1, 0.15) is 42.2 Å². The molecule has 3 aromatic carbocycles. The zero-order valence-electron chi connectivity index (χ0n) is 18.4. The van der Waals surface area contributed by atoms with Crippen LogP contribution in [0.15, 0.2) is 72.8 Å². The normalized spacial score (nSPS) is 10.6. The lowest BCUT2D eigenvalue weighted by atomic mass is 9.89. The maximum Gasteiger partial charge on any atom is 0.339 e. The van der Waals surface area contributed by atoms with E-state index in [2.05, 4.69) is 0 Å². The molecule has 0 saturated heterocycles. The summed E-state index contributed by atoms with van der Waals surface area (Å²) in [5, 5.41) is 0.571. The second-order valence-electron chi connectivity index (χ2n) is 7.44. The highest BCUT2D eigenvalue weighted by Gasteiger charge is 2.30. The zero-order chi connectivity index (χ0) is 23.5. The van der Waals surface area contributed by atoms with Gasteiger partial charge in [-0.15, -0.1) is 0 Å². The van der Waals surface area contributed by atoms with Crippen molar-refractivity contribution < 1.29 is 23.9 Å². The maximum absolute atomic E-state index is 13.7. The van der Waals surface area contributed by atoms with E-state index in [9.17, 15) is 14.4 Å². The smallest absolute Gasteiger partial charge is 0.339 e. The van der Waals surface area contributed by atoms with Crippen molar-refractivity contribution in [3.8, 4) is 11.3 Å². The minimum absolute atomic E-state index is 0.00633. The maximum atomic E-state index is 13.7. The first-order valence-electron chi connectivity index (χ1n) is 10.3. The summed E-state index contributed by atoms with van der Waals surface area (Å²) < 4.78 is 9.88. The number of methoxy groups -OCH3 is 2. The molecule has 6 heteroatoms. The van der Waals surface area contributed by atoms with Crippen molar-refractivity contribution in [2.24, 2.45) is 0 Å². The fraction of sp³-hybridized carbons (Fsp3) is 0.111. The molecule has 4 rings (SSSR count). The molecule has 0 unspecified atom stereocenters. The molecule has 6 nitrogen and oxygen atoms in total. The number of hydrogen-bond acceptors (Lipinski definition) is 6. The fourth-order valence-electron chi connectivity index (χ4n) is 3.82. The number of fused-ring (bicyclic) bond motifs is 1. The number of pyridine rings is 1. The largest absolute Gasteiger partial charge is 0.465 e. The average molecular weight is 439 g/mol. The van der Waals surface area contributed by atoms with E-state index in [0.717, 1.165) is 11.1 Å². The zero-order valence-corrected chi connectivity index (χ0v) is 18.4. The molecule has 0 aliphatic heterocycles. The summed E-state index contributed by atoms with van der Waals surface area (Å²) in [5.74, 6) is -2.00. The number of hydrogen-bond donors (Lipinski definition) is 0. The first-order chi connectivity index (χ1) is 16.0. The average Bonchev–Trinajstić information content (AvgIpc) is 2.87. The van der Waals surface area contributed by atoms with Gasteiger partial charge in [0.2, 0.25) is 0 Å². The van der Waals surface area contributed by atoms with Gasteiger partial charge in [0.1, 0.15) is 0 Å². The lowest BCUT2D eigenvalue weighted by Crippen LogP contribution is -2.19. The molecule has 0 bridgehead atoms. The summed E-state index contributed by atoms with van der Waals surface area (Å²) >= 11 is 0. The highest BCUT2D eigenvalue weighted by molar-refractivity contribution is 6.23. The van der Waals surface area contributed by atoms with Gasteiger partial charge in [0, 0.05) is 16.5 Å². The van der Waals surface area contributed by atoms with Crippen molar-refractivity contribution in [3.05, 3.63) is 101 Å². The number of rotatable bonds is 5. The highest BCUT2D eigenvalue weighted by Crippen LogP contribution is 2.33. The Morgan fingerprint density at radius 3 is 1.97 bits per heavy atom. The van der Waals surface area contributed by atoms with Crippen LogP contribution >= 0.6 is 0 Å². The molecule has 0 atom stereocenters. The number of aromatic nitrogens is 1. The van der Waals surface area contributed by atoms with E-state index < -0.39 is 17.7 Å². The van der Waals surface area contributed by atoms with E-state index in [1.807, 2.05) is 43.3 Å². The second-order valence-corrected chi connectivity index (χ2v) is 7.44. The van der Waals surface area contributed by atoms with Crippen LogP contribution < -0.4 is 0 Å². The lowest BCUT2D eigenvalue weighted by Gasteiger charge is -2.16. The van der Waals surface area contributed by atoms with Crippen LogP contribution in [-0.4, -0.2) is 36.9 Å². The predicted octanol–water partition coefficient (Wildman–Crippen LogP) is 5.01. The van der Waals surface area contributed by atoms with Crippen LogP contribution in [0.25, 0.3) is 22.2 Å². The number of carbonyl (C=O) groups is 3. The van der Waals surface area contributed by atoms with Gasteiger partial charge in [-0.1, -0.05) is 60.7 Å². The van der Waals surface area contributed by atoms with E-state index in [4.69, 9.17) is 14.5 Å². The Morgan fingerprint density at radius 2 is 1.36 bits per heavy atom. The topological polar surface area (TPSA) is 82.6 Å². The van der Waals surface area contributed by atoms with Crippen molar-refractivity contribution in [1.82, 2.24) is 4.98 Å². The molecule has 164 valence electrons. The summed E-state index contributed by atoms with van der Waals surface area (Å²) in [4.78, 5) is 44.0. The van der Waals surface area contributed by atoms with Crippen LogP contribution in [-0.2, 0) is 9.47 Å². The number of ketones is 1. The van der Waals surface area contributed by atoms with Crippen molar-refractivity contribution in [2.75, 3.05) is 14.2 Å². The molecule has 1 heterocycles. The summed E-state index contributed by atoms with van der Waals surface area (Å²) in [7, 11) is 2.42. The van der Waals surface area contributed by atoms with E-state index >= 15 is 0 Å². The van der Waals surface area contributed by atoms with Gasteiger partial charge in [0.15, 0.2) is 5.78 Å². The second kappa shape index (κ2) is 9.04. The van der Waals surface area contributed by atoms with E-state index in [1.165, 1.54) is 20.3 Å². The number of aryl methyl sites for hydroxylation is 1. The van der Waals surface area contributed by atoms with Gasteiger partial charge in [-0.05, 0) is 24.6 Å². The lowest BCUT2D eigenvalue weighted by molar-refractivity contribution is 0.0554. The molecular formula is C27H21NO5. The number of ether oxygens (including phenoxy) is 2. The Morgan fingerprint density at radius 1 is 0.758 bits per heavy atom.